The first-order chi connectivity index (χ1) is 11.7. The summed E-state index contributed by atoms with van der Waals surface area (Å²) in [5, 5.41) is 8.22. The average Bonchev–Trinajstić information content (AvgIpc) is 3.05. The molecule has 0 unspecified atom stereocenters. The SMILES string of the molecule is O=C(c1nnn2c1CO[C@@H](c1ccc(F)cc1)C2)N1CCSCC1. The van der Waals surface area contributed by atoms with Crippen LogP contribution in [0.15, 0.2) is 24.3 Å². The summed E-state index contributed by atoms with van der Waals surface area (Å²) in [6, 6.07) is 6.25. The third-order valence-corrected chi connectivity index (χ3v) is 5.28. The van der Waals surface area contributed by atoms with Crippen LogP contribution >= 0.6 is 11.8 Å². The number of hydrogen-bond donors (Lipinski definition) is 0. The molecule has 4 rings (SSSR count). The van der Waals surface area contributed by atoms with Crippen LogP contribution in [0.2, 0.25) is 0 Å². The second-order valence-electron chi connectivity index (χ2n) is 5.82. The highest BCUT2D eigenvalue weighted by Gasteiger charge is 2.30. The lowest BCUT2D eigenvalue weighted by molar-refractivity contribution is -0.00197. The topological polar surface area (TPSA) is 60.3 Å². The number of amides is 1. The smallest absolute Gasteiger partial charge is 0.276 e. The predicted molar refractivity (Wildman–Crippen MR) is 87.2 cm³/mol. The first-order valence-corrected chi connectivity index (χ1v) is 9.04. The monoisotopic (exact) mass is 348 g/mol. The van der Waals surface area contributed by atoms with Gasteiger partial charge >= 0.3 is 0 Å². The van der Waals surface area contributed by atoms with E-state index in [1.807, 2.05) is 16.7 Å². The Morgan fingerprint density at radius 3 is 2.75 bits per heavy atom. The van der Waals surface area contributed by atoms with Crippen molar-refractivity contribution in [3.8, 4) is 0 Å². The summed E-state index contributed by atoms with van der Waals surface area (Å²) >= 11 is 1.85. The van der Waals surface area contributed by atoms with Crippen LogP contribution in [0.25, 0.3) is 0 Å². The maximum Gasteiger partial charge on any atom is 0.276 e. The molecule has 0 bridgehead atoms. The summed E-state index contributed by atoms with van der Waals surface area (Å²) in [5.74, 6) is 1.57. The van der Waals surface area contributed by atoms with Crippen LogP contribution in [0, 0.1) is 5.82 Å². The summed E-state index contributed by atoms with van der Waals surface area (Å²) in [5.41, 5.74) is 1.99. The van der Waals surface area contributed by atoms with Crippen molar-refractivity contribution in [3.05, 3.63) is 47.0 Å². The Balaban J connectivity index is 1.53. The molecule has 24 heavy (non-hydrogen) atoms. The molecule has 3 heterocycles. The van der Waals surface area contributed by atoms with Gasteiger partial charge in [0.1, 0.15) is 11.9 Å². The minimum absolute atomic E-state index is 0.0691. The van der Waals surface area contributed by atoms with E-state index in [9.17, 15) is 9.18 Å². The molecule has 1 saturated heterocycles. The van der Waals surface area contributed by atoms with Crippen LogP contribution in [-0.2, 0) is 17.9 Å². The molecule has 1 aromatic heterocycles. The molecule has 8 heteroatoms. The summed E-state index contributed by atoms with van der Waals surface area (Å²) in [7, 11) is 0. The van der Waals surface area contributed by atoms with E-state index >= 15 is 0 Å². The number of carbonyl (C=O) groups excluding carboxylic acids is 1. The van der Waals surface area contributed by atoms with Crippen molar-refractivity contribution < 1.29 is 13.9 Å². The first-order valence-electron chi connectivity index (χ1n) is 7.89. The van der Waals surface area contributed by atoms with Crippen LogP contribution in [0.5, 0.6) is 0 Å². The third kappa shape index (κ3) is 2.91. The van der Waals surface area contributed by atoms with Gasteiger partial charge in [-0.3, -0.25) is 4.79 Å². The van der Waals surface area contributed by atoms with Crippen molar-refractivity contribution >= 4 is 17.7 Å². The van der Waals surface area contributed by atoms with E-state index in [0.29, 0.717) is 12.2 Å². The Kier molecular flexibility index (Phi) is 4.24. The van der Waals surface area contributed by atoms with E-state index in [-0.39, 0.29) is 24.4 Å². The number of hydrogen-bond acceptors (Lipinski definition) is 5. The molecule has 0 aliphatic carbocycles. The Hall–Kier alpha value is -1.93. The number of thioether (sulfide) groups is 1. The second-order valence-corrected chi connectivity index (χ2v) is 7.05. The van der Waals surface area contributed by atoms with Crippen LogP contribution in [0.4, 0.5) is 4.39 Å². The highest BCUT2D eigenvalue weighted by Crippen LogP contribution is 2.27. The summed E-state index contributed by atoms with van der Waals surface area (Å²) < 4.78 is 20.6. The Morgan fingerprint density at radius 2 is 2.00 bits per heavy atom. The molecule has 0 N–H and O–H groups in total. The molecular formula is C16H17FN4O2S. The predicted octanol–water partition coefficient (Wildman–Crippen LogP) is 1.88. The highest BCUT2D eigenvalue weighted by molar-refractivity contribution is 7.99. The number of ether oxygens (including phenoxy) is 1. The standard InChI is InChI=1S/C16H17FN4O2S/c17-12-3-1-11(2-4-12)14-9-21-13(10-23-14)15(18-19-21)16(22)20-5-7-24-8-6-20/h1-4,14H,5-10H2/t14-/m1/s1. The van der Waals surface area contributed by atoms with Gasteiger partial charge in [-0.15, -0.1) is 5.10 Å². The van der Waals surface area contributed by atoms with E-state index in [0.717, 1.165) is 35.9 Å². The molecule has 0 radical (unpaired) electrons. The second kappa shape index (κ2) is 6.52. The number of aromatic nitrogens is 3. The van der Waals surface area contributed by atoms with E-state index < -0.39 is 0 Å². The van der Waals surface area contributed by atoms with E-state index in [4.69, 9.17) is 4.74 Å². The van der Waals surface area contributed by atoms with Crippen molar-refractivity contribution in [1.29, 1.82) is 0 Å². The lowest BCUT2D eigenvalue weighted by Gasteiger charge is -2.27. The number of nitrogens with zero attached hydrogens (tertiary/aromatic N) is 4. The quantitative estimate of drug-likeness (QED) is 0.829. The van der Waals surface area contributed by atoms with Gasteiger partial charge in [-0.05, 0) is 17.7 Å². The Labute approximate surface area is 143 Å². The molecule has 1 amide bonds. The largest absolute Gasteiger partial charge is 0.365 e. The van der Waals surface area contributed by atoms with Gasteiger partial charge in [-0.2, -0.15) is 11.8 Å². The minimum atomic E-state index is -0.274. The number of rotatable bonds is 2. The number of carbonyl (C=O) groups is 1. The van der Waals surface area contributed by atoms with Crippen molar-refractivity contribution in [2.24, 2.45) is 0 Å². The van der Waals surface area contributed by atoms with Gasteiger partial charge in [0.15, 0.2) is 5.69 Å². The molecule has 1 fully saturated rings. The number of fused-ring (bicyclic) bond motifs is 1. The first kappa shape index (κ1) is 15.6. The van der Waals surface area contributed by atoms with Gasteiger partial charge in [0.25, 0.3) is 5.91 Å². The van der Waals surface area contributed by atoms with Crippen molar-refractivity contribution in [2.45, 2.75) is 19.3 Å². The highest BCUT2D eigenvalue weighted by atomic mass is 32.2. The maximum absolute atomic E-state index is 13.0. The van der Waals surface area contributed by atoms with Crippen LogP contribution in [0.1, 0.15) is 27.8 Å². The van der Waals surface area contributed by atoms with E-state index in [2.05, 4.69) is 10.3 Å². The molecule has 2 aliphatic heterocycles. The van der Waals surface area contributed by atoms with Gasteiger partial charge in [0, 0.05) is 24.6 Å². The number of halogens is 1. The average molecular weight is 348 g/mol. The zero-order valence-electron chi connectivity index (χ0n) is 13.0. The molecule has 1 aromatic carbocycles. The van der Waals surface area contributed by atoms with Crippen molar-refractivity contribution in [3.63, 3.8) is 0 Å². The van der Waals surface area contributed by atoms with Crippen molar-refractivity contribution in [1.82, 2.24) is 19.9 Å². The maximum atomic E-state index is 13.0. The van der Waals surface area contributed by atoms with Crippen LogP contribution < -0.4 is 0 Å². The van der Waals surface area contributed by atoms with Gasteiger partial charge in [0.2, 0.25) is 0 Å². The summed E-state index contributed by atoms with van der Waals surface area (Å²) in [4.78, 5) is 14.5. The van der Waals surface area contributed by atoms with E-state index in [1.165, 1.54) is 12.1 Å². The van der Waals surface area contributed by atoms with Crippen molar-refractivity contribution in [2.75, 3.05) is 24.6 Å². The minimum Gasteiger partial charge on any atom is -0.365 e. The van der Waals surface area contributed by atoms with Gasteiger partial charge in [-0.25, -0.2) is 9.07 Å². The number of benzene rings is 1. The molecule has 2 aliphatic rings. The molecular weight excluding hydrogens is 331 g/mol. The normalized spacial score (nSPS) is 20.7. The molecule has 1 atom stereocenters. The zero-order valence-corrected chi connectivity index (χ0v) is 13.8. The van der Waals surface area contributed by atoms with Gasteiger partial charge in [-0.1, -0.05) is 17.3 Å². The van der Waals surface area contributed by atoms with Crippen LogP contribution in [0.3, 0.4) is 0 Å². The third-order valence-electron chi connectivity index (χ3n) is 4.34. The van der Waals surface area contributed by atoms with Gasteiger partial charge < -0.3 is 9.64 Å². The summed E-state index contributed by atoms with van der Waals surface area (Å²) in [6.45, 7) is 2.24. The fourth-order valence-electron chi connectivity index (χ4n) is 2.97. The Bertz CT molecular complexity index is 743. The fourth-order valence-corrected chi connectivity index (χ4v) is 3.88. The fraction of sp³-hybridized carbons (Fsp3) is 0.438. The lowest BCUT2D eigenvalue weighted by Crippen LogP contribution is -2.38. The molecule has 0 saturated carbocycles. The molecule has 126 valence electrons. The summed E-state index contributed by atoms with van der Waals surface area (Å²) in [6.07, 6.45) is -0.214. The zero-order chi connectivity index (χ0) is 16.5. The van der Waals surface area contributed by atoms with Crippen LogP contribution in [-0.4, -0.2) is 50.4 Å². The molecule has 0 spiro atoms. The van der Waals surface area contributed by atoms with Gasteiger partial charge in [0.05, 0.1) is 18.8 Å². The molecule has 6 nitrogen and oxygen atoms in total. The Morgan fingerprint density at radius 1 is 1.25 bits per heavy atom. The van der Waals surface area contributed by atoms with E-state index in [1.54, 1.807) is 16.8 Å². The molecule has 2 aromatic rings. The lowest BCUT2D eigenvalue weighted by atomic mass is 10.1.